The van der Waals surface area contributed by atoms with E-state index in [0.717, 1.165) is 18.6 Å². The molecule has 0 aliphatic carbocycles. The van der Waals surface area contributed by atoms with Crippen LogP contribution in [0.1, 0.15) is 31.4 Å². The predicted octanol–water partition coefficient (Wildman–Crippen LogP) is 3.41. The Morgan fingerprint density at radius 2 is 2.00 bits per heavy atom. The van der Waals surface area contributed by atoms with Crippen LogP contribution in [0.4, 0.5) is 0 Å². The van der Waals surface area contributed by atoms with Crippen LogP contribution in [0.3, 0.4) is 0 Å². The first-order valence-corrected chi connectivity index (χ1v) is 5.40. The first-order chi connectivity index (χ1) is 7.15. The second-order valence-corrected chi connectivity index (χ2v) is 4.17. The zero-order chi connectivity index (χ0) is 11.3. The van der Waals surface area contributed by atoms with Gasteiger partial charge in [0.05, 0.1) is 5.71 Å². The van der Waals surface area contributed by atoms with E-state index >= 15 is 0 Å². The van der Waals surface area contributed by atoms with Crippen molar-refractivity contribution in [1.82, 2.24) is 0 Å². The van der Waals surface area contributed by atoms with Crippen LogP contribution in [0.25, 0.3) is 0 Å². The molecule has 0 aliphatic heterocycles. The average molecular weight is 205 g/mol. The molecule has 15 heavy (non-hydrogen) atoms. The molecule has 0 atom stereocenters. The molecular formula is C13H19NO. The lowest BCUT2D eigenvalue weighted by molar-refractivity contribution is 0.314. The van der Waals surface area contributed by atoms with Gasteiger partial charge in [0, 0.05) is 0 Å². The highest BCUT2D eigenvalue weighted by molar-refractivity contribution is 5.85. The van der Waals surface area contributed by atoms with E-state index in [-0.39, 0.29) is 0 Å². The third kappa shape index (κ3) is 3.39. The van der Waals surface area contributed by atoms with Crippen LogP contribution in [-0.4, -0.2) is 10.9 Å². The van der Waals surface area contributed by atoms with E-state index in [4.69, 9.17) is 5.21 Å². The van der Waals surface area contributed by atoms with Gasteiger partial charge in [-0.15, -0.1) is 0 Å². The molecule has 2 heteroatoms. The fourth-order valence-corrected chi connectivity index (χ4v) is 1.61. The van der Waals surface area contributed by atoms with Crippen molar-refractivity contribution in [2.75, 3.05) is 0 Å². The van der Waals surface area contributed by atoms with Crippen LogP contribution in [0.15, 0.2) is 29.4 Å². The molecule has 0 saturated heterocycles. The lowest BCUT2D eigenvalue weighted by atomic mass is 9.98. The van der Waals surface area contributed by atoms with Gasteiger partial charge in [-0.25, -0.2) is 0 Å². The van der Waals surface area contributed by atoms with Gasteiger partial charge >= 0.3 is 0 Å². The maximum absolute atomic E-state index is 8.83. The zero-order valence-electron chi connectivity index (χ0n) is 9.70. The molecule has 2 nitrogen and oxygen atoms in total. The minimum absolute atomic E-state index is 0.319. The number of nitrogens with zero attached hydrogens (tertiary/aromatic N) is 1. The summed E-state index contributed by atoms with van der Waals surface area (Å²) in [6.07, 6.45) is 1.78. The summed E-state index contributed by atoms with van der Waals surface area (Å²) in [5.41, 5.74) is 3.51. The molecular weight excluding hydrogens is 186 g/mol. The second kappa shape index (κ2) is 5.54. The van der Waals surface area contributed by atoms with Gasteiger partial charge in [0.15, 0.2) is 0 Å². The average Bonchev–Trinajstić information content (AvgIpc) is 2.21. The van der Waals surface area contributed by atoms with Gasteiger partial charge in [-0.1, -0.05) is 43.3 Å². The number of rotatable bonds is 4. The topological polar surface area (TPSA) is 32.6 Å². The van der Waals surface area contributed by atoms with E-state index in [1.54, 1.807) is 0 Å². The van der Waals surface area contributed by atoms with Gasteiger partial charge in [-0.05, 0) is 36.8 Å². The van der Waals surface area contributed by atoms with Crippen LogP contribution in [0.2, 0.25) is 0 Å². The molecule has 1 rings (SSSR count). The largest absolute Gasteiger partial charge is 0.411 e. The van der Waals surface area contributed by atoms with Gasteiger partial charge in [0.25, 0.3) is 0 Å². The van der Waals surface area contributed by atoms with Crippen LogP contribution in [-0.2, 0) is 6.42 Å². The summed E-state index contributed by atoms with van der Waals surface area (Å²) in [5.74, 6) is 0.319. The number of hydrogen-bond donors (Lipinski definition) is 1. The van der Waals surface area contributed by atoms with Crippen LogP contribution >= 0.6 is 0 Å². The summed E-state index contributed by atoms with van der Waals surface area (Å²) in [4.78, 5) is 0. The smallest absolute Gasteiger partial charge is 0.0599 e. The third-order valence-electron chi connectivity index (χ3n) is 2.71. The highest BCUT2D eigenvalue weighted by Crippen LogP contribution is 2.12. The van der Waals surface area contributed by atoms with Gasteiger partial charge < -0.3 is 5.21 Å². The molecule has 0 bridgehead atoms. The van der Waals surface area contributed by atoms with Crippen molar-refractivity contribution in [2.24, 2.45) is 11.1 Å². The Kier molecular flexibility index (Phi) is 4.35. The molecule has 1 N–H and O–H groups in total. The lowest BCUT2D eigenvalue weighted by Gasteiger charge is -2.09. The first-order valence-electron chi connectivity index (χ1n) is 5.40. The fourth-order valence-electron chi connectivity index (χ4n) is 1.61. The summed E-state index contributed by atoms with van der Waals surface area (Å²) >= 11 is 0. The van der Waals surface area contributed by atoms with Crippen molar-refractivity contribution in [1.29, 1.82) is 0 Å². The van der Waals surface area contributed by atoms with E-state index in [0.29, 0.717) is 5.92 Å². The second-order valence-electron chi connectivity index (χ2n) is 4.17. The Morgan fingerprint density at radius 1 is 1.33 bits per heavy atom. The molecule has 0 fully saturated rings. The molecule has 1 aromatic rings. The van der Waals surface area contributed by atoms with Crippen molar-refractivity contribution in [3.05, 3.63) is 35.4 Å². The van der Waals surface area contributed by atoms with Crippen molar-refractivity contribution in [2.45, 2.75) is 33.6 Å². The standard InChI is InChI=1S/C13H19NO/c1-10(2)13(14-15)9-8-12-7-5-4-6-11(12)3/h4-7,10,15H,8-9H2,1-3H3/b14-13+. The van der Waals surface area contributed by atoms with Gasteiger partial charge in [0.2, 0.25) is 0 Å². The molecule has 0 heterocycles. The molecule has 0 amide bonds. The quantitative estimate of drug-likeness (QED) is 0.456. The molecule has 82 valence electrons. The van der Waals surface area contributed by atoms with Crippen molar-refractivity contribution in [3.8, 4) is 0 Å². The molecule has 0 spiro atoms. The van der Waals surface area contributed by atoms with Gasteiger partial charge in [0.1, 0.15) is 0 Å². The lowest BCUT2D eigenvalue weighted by Crippen LogP contribution is -2.09. The minimum Gasteiger partial charge on any atom is -0.411 e. The van der Waals surface area contributed by atoms with E-state index in [9.17, 15) is 0 Å². The summed E-state index contributed by atoms with van der Waals surface area (Å²) in [6.45, 7) is 6.21. The fraction of sp³-hybridized carbons (Fsp3) is 0.462. The minimum atomic E-state index is 0.319. The maximum atomic E-state index is 8.83. The highest BCUT2D eigenvalue weighted by Gasteiger charge is 2.06. The molecule has 0 aromatic heterocycles. The van der Waals surface area contributed by atoms with Crippen molar-refractivity contribution in [3.63, 3.8) is 0 Å². The highest BCUT2D eigenvalue weighted by atomic mass is 16.4. The number of oxime groups is 1. The number of hydrogen-bond acceptors (Lipinski definition) is 2. The molecule has 0 saturated carbocycles. The number of aryl methyl sites for hydroxylation is 2. The summed E-state index contributed by atoms with van der Waals surface area (Å²) in [7, 11) is 0. The van der Waals surface area contributed by atoms with Gasteiger partial charge in [-0.2, -0.15) is 0 Å². The first kappa shape index (κ1) is 11.8. The summed E-state index contributed by atoms with van der Waals surface area (Å²) in [5, 5.41) is 12.2. The van der Waals surface area contributed by atoms with Crippen LogP contribution in [0, 0.1) is 12.8 Å². The Bertz CT molecular complexity index is 342. The van der Waals surface area contributed by atoms with E-state index in [1.807, 2.05) is 26.0 Å². The van der Waals surface area contributed by atoms with E-state index < -0.39 is 0 Å². The number of benzene rings is 1. The Balaban J connectivity index is 2.61. The van der Waals surface area contributed by atoms with Crippen molar-refractivity contribution < 1.29 is 5.21 Å². The zero-order valence-corrected chi connectivity index (χ0v) is 9.70. The Morgan fingerprint density at radius 3 is 2.53 bits per heavy atom. The van der Waals surface area contributed by atoms with Crippen molar-refractivity contribution >= 4 is 5.71 Å². The van der Waals surface area contributed by atoms with Gasteiger partial charge in [-0.3, -0.25) is 0 Å². The maximum Gasteiger partial charge on any atom is 0.0599 e. The Hall–Kier alpha value is -1.31. The van der Waals surface area contributed by atoms with Crippen LogP contribution < -0.4 is 0 Å². The summed E-state index contributed by atoms with van der Waals surface area (Å²) < 4.78 is 0. The molecule has 1 aromatic carbocycles. The SMILES string of the molecule is Cc1ccccc1CC/C(=N\O)C(C)C. The van der Waals surface area contributed by atoms with E-state index in [2.05, 4.69) is 24.2 Å². The predicted molar refractivity (Wildman–Crippen MR) is 63.6 cm³/mol. The van der Waals surface area contributed by atoms with E-state index in [1.165, 1.54) is 11.1 Å². The molecule has 0 radical (unpaired) electrons. The monoisotopic (exact) mass is 205 g/mol. The normalized spacial score (nSPS) is 12.1. The summed E-state index contributed by atoms with van der Waals surface area (Å²) in [6, 6.07) is 8.33. The molecule has 0 aliphatic rings. The molecule has 0 unspecified atom stereocenters. The Labute approximate surface area is 91.6 Å². The van der Waals surface area contributed by atoms with Crippen LogP contribution in [0.5, 0.6) is 0 Å². The third-order valence-corrected chi connectivity index (χ3v) is 2.71.